The molecule has 2 unspecified atom stereocenters. The van der Waals surface area contributed by atoms with Gasteiger partial charge in [0.25, 0.3) is 0 Å². The summed E-state index contributed by atoms with van der Waals surface area (Å²) in [5.74, 6) is 0.702. The molecule has 14 heavy (non-hydrogen) atoms. The maximum atomic E-state index is 11.7. The largest absolute Gasteiger partial charge is 0.396 e. The van der Waals surface area contributed by atoms with Gasteiger partial charge in [-0.2, -0.15) is 0 Å². The summed E-state index contributed by atoms with van der Waals surface area (Å²) in [5, 5.41) is 8.79. The third-order valence-electron chi connectivity index (χ3n) is 2.76. The Balaban J connectivity index is 2.37. The number of alkyl halides is 1. The molecule has 1 amide bonds. The number of nitrogens with zero attached hydrogens (tertiary/aromatic N) is 1. The molecule has 0 radical (unpaired) electrons. The maximum absolute atomic E-state index is 11.7. The molecule has 3 nitrogen and oxygen atoms in total. The van der Waals surface area contributed by atoms with Gasteiger partial charge < -0.3 is 10.0 Å². The molecule has 1 aliphatic rings. The van der Waals surface area contributed by atoms with E-state index in [0.717, 1.165) is 32.4 Å². The fourth-order valence-electron chi connectivity index (χ4n) is 1.82. The first kappa shape index (κ1) is 12.0. The Labute approximate surface area is 93.6 Å². The number of likely N-dealkylation sites (tertiary alicyclic amines) is 1. The van der Waals surface area contributed by atoms with Crippen LogP contribution in [0.5, 0.6) is 0 Å². The van der Waals surface area contributed by atoms with Crippen LogP contribution >= 0.6 is 15.9 Å². The molecule has 4 heteroatoms. The third-order valence-corrected chi connectivity index (χ3v) is 3.80. The van der Waals surface area contributed by atoms with Gasteiger partial charge >= 0.3 is 0 Å². The van der Waals surface area contributed by atoms with Crippen LogP contribution in [0.25, 0.3) is 0 Å². The molecule has 2 atom stereocenters. The molecule has 1 saturated heterocycles. The van der Waals surface area contributed by atoms with E-state index in [4.69, 9.17) is 5.11 Å². The van der Waals surface area contributed by atoms with Gasteiger partial charge in [-0.05, 0) is 25.2 Å². The van der Waals surface area contributed by atoms with Crippen molar-refractivity contribution in [1.29, 1.82) is 0 Å². The van der Waals surface area contributed by atoms with Crippen molar-refractivity contribution in [3.05, 3.63) is 0 Å². The Morgan fingerprint density at radius 1 is 1.71 bits per heavy atom. The molecule has 0 aromatic carbocycles. The highest BCUT2D eigenvalue weighted by atomic mass is 79.9. The van der Waals surface area contributed by atoms with Gasteiger partial charge in [-0.15, -0.1) is 0 Å². The van der Waals surface area contributed by atoms with E-state index in [0.29, 0.717) is 5.92 Å². The molecule has 0 spiro atoms. The fourth-order valence-corrected chi connectivity index (χ4v) is 2.11. The predicted octanol–water partition coefficient (Wildman–Crippen LogP) is 1.39. The van der Waals surface area contributed by atoms with Crippen molar-refractivity contribution in [2.24, 2.45) is 5.92 Å². The minimum atomic E-state index is -0.0321. The highest BCUT2D eigenvalue weighted by Gasteiger charge is 2.28. The highest BCUT2D eigenvalue weighted by molar-refractivity contribution is 9.10. The quantitative estimate of drug-likeness (QED) is 0.779. The molecule has 1 fully saturated rings. The average Bonchev–Trinajstić information content (AvgIpc) is 2.64. The van der Waals surface area contributed by atoms with Crippen molar-refractivity contribution < 1.29 is 9.90 Å². The van der Waals surface area contributed by atoms with Crippen LogP contribution in [0.3, 0.4) is 0 Å². The lowest BCUT2D eigenvalue weighted by Gasteiger charge is -2.19. The van der Waals surface area contributed by atoms with Crippen LogP contribution in [-0.2, 0) is 4.79 Å². The first-order valence-electron chi connectivity index (χ1n) is 5.22. The number of carbonyl (C=O) groups is 1. The van der Waals surface area contributed by atoms with Crippen LogP contribution in [0.1, 0.15) is 26.2 Å². The number of aliphatic hydroxyl groups is 1. The van der Waals surface area contributed by atoms with Crippen molar-refractivity contribution >= 4 is 21.8 Å². The molecule has 1 aliphatic heterocycles. The Morgan fingerprint density at radius 2 is 2.43 bits per heavy atom. The lowest BCUT2D eigenvalue weighted by atomic mass is 10.1. The Kier molecular flexibility index (Phi) is 4.89. The average molecular weight is 264 g/mol. The fraction of sp³-hybridized carbons (Fsp3) is 0.900. The molecule has 0 aromatic heterocycles. The van der Waals surface area contributed by atoms with Crippen molar-refractivity contribution in [2.75, 3.05) is 19.7 Å². The summed E-state index contributed by atoms with van der Waals surface area (Å²) < 4.78 is 0. The van der Waals surface area contributed by atoms with Gasteiger partial charge in [-0.3, -0.25) is 4.79 Å². The molecule has 1 heterocycles. The third kappa shape index (κ3) is 2.95. The lowest BCUT2D eigenvalue weighted by Crippen LogP contribution is -2.34. The van der Waals surface area contributed by atoms with E-state index in [-0.39, 0.29) is 17.3 Å². The van der Waals surface area contributed by atoms with Gasteiger partial charge in [0.05, 0.1) is 4.83 Å². The number of rotatable bonds is 4. The van der Waals surface area contributed by atoms with Crippen molar-refractivity contribution in [1.82, 2.24) is 4.90 Å². The summed E-state index contributed by atoms with van der Waals surface area (Å²) in [7, 11) is 0. The number of halogens is 1. The van der Waals surface area contributed by atoms with E-state index < -0.39 is 0 Å². The number of hydrogen-bond donors (Lipinski definition) is 1. The van der Waals surface area contributed by atoms with Crippen molar-refractivity contribution in [2.45, 2.75) is 31.0 Å². The van der Waals surface area contributed by atoms with Crippen LogP contribution in [0.4, 0.5) is 0 Å². The van der Waals surface area contributed by atoms with Gasteiger partial charge in [0, 0.05) is 19.7 Å². The van der Waals surface area contributed by atoms with E-state index >= 15 is 0 Å². The molecule has 0 aromatic rings. The zero-order valence-corrected chi connectivity index (χ0v) is 10.2. The SMILES string of the molecule is CCC(Br)C(=O)N1CCC(CCO)C1. The molecular weight excluding hydrogens is 246 g/mol. The predicted molar refractivity (Wildman–Crippen MR) is 59.4 cm³/mol. The molecule has 0 saturated carbocycles. The normalized spacial score (nSPS) is 23.9. The first-order valence-corrected chi connectivity index (χ1v) is 6.14. The summed E-state index contributed by atoms with van der Waals surface area (Å²) in [5.41, 5.74) is 0. The van der Waals surface area contributed by atoms with Gasteiger partial charge in [0.1, 0.15) is 0 Å². The van der Waals surface area contributed by atoms with Gasteiger partial charge in [-0.25, -0.2) is 0 Å². The molecule has 1 rings (SSSR count). The van der Waals surface area contributed by atoms with E-state index in [2.05, 4.69) is 15.9 Å². The number of hydrogen-bond acceptors (Lipinski definition) is 2. The number of amides is 1. The highest BCUT2D eigenvalue weighted by Crippen LogP contribution is 2.21. The molecule has 1 N–H and O–H groups in total. The molecular formula is C10H18BrNO2. The smallest absolute Gasteiger partial charge is 0.236 e. The number of aliphatic hydroxyl groups excluding tert-OH is 1. The van der Waals surface area contributed by atoms with E-state index in [1.807, 2.05) is 11.8 Å². The lowest BCUT2D eigenvalue weighted by molar-refractivity contribution is -0.129. The summed E-state index contributed by atoms with van der Waals surface area (Å²) in [6, 6.07) is 0. The van der Waals surface area contributed by atoms with Crippen LogP contribution < -0.4 is 0 Å². The van der Waals surface area contributed by atoms with Crippen molar-refractivity contribution in [3.8, 4) is 0 Å². The Bertz CT molecular complexity index is 199. The standard InChI is InChI=1S/C10H18BrNO2/c1-2-9(11)10(14)12-5-3-8(7-12)4-6-13/h8-9,13H,2-7H2,1H3. The summed E-state index contributed by atoms with van der Waals surface area (Å²) >= 11 is 3.37. The molecule has 0 bridgehead atoms. The maximum Gasteiger partial charge on any atom is 0.236 e. The summed E-state index contributed by atoms with van der Waals surface area (Å²) in [6.45, 7) is 3.91. The second kappa shape index (κ2) is 5.71. The Hall–Kier alpha value is -0.0900. The van der Waals surface area contributed by atoms with Crippen LogP contribution in [0.15, 0.2) is 0 Å². The molecule has 0 aliphatic carbocycles. The molecule has 82 valence electrons. The zero-order valence-electron chi connectivity index (χ0n) is 8.58. The van der Waals surface area contributed by atoms with Crippen LogP contribution in [0, 0.1) is 5.92 Å². The second-order valence-corrected chi connectivity index (χ2v) is 4.93. The topological polar surface area (TPSA) is 40.5 Å². The van der Waals surface area contributed by atoms with E-state index in [1.54, 1.807) is 0 Å². The minimum absolute atomic E-state index is 0.0321. The van der Waals surface area contributed by atoms with Gasteiger partial charge in [0.15, 0.2) is 0 Å². The van der Waals surface area contributed by atoms with Crippen LogP contribution in [-0.4, -0.2) is 40.4 Å². The zero-order chi connectivity index (χ0) is 10.6. The van der Waals surface area contributed by atoms with Gasteiger partial charge in [0.2, 0.25) is 5.91 Å². The second-order valence-electron chi connectivity index (χ2n) is 3.83. The minimum Gasteiger partial charge on any atom is -0.396 e. The van der Waals surface area contributed by atoms with E-state index in [1.165, 1.54) is 0 Å². The summed E-state index contributed by atoms with van der Waals surface area (Å²) in [4.78, 5) is 13.6. The number of carbonyl (C=O) groups excluding carboxylic acids is 1. The van der Waals surface area contributed by atoms with Crippen molar-refractivity contribution in [3.63, 3.8) is 0 Å². The first-order chi connectivity index (χ1) is 6.69. The monoisotopic (exact) mass is 263 g/mol. The van der Waals surface area contributed by atoms with E-state index in [9.17, 15) is 4.79 Å². The Morgan fingerprint density at radius 3 is 3.00 bits per heavy atom. The van der Waals surface area contributed by atoms with Crippen LogP contribution in [0.2, 0.25) is 0 Å². The summed E-state index contributed by atoms with van der Waals surface area (Å²) in [6.07, 6.45) is 2.69. The van der Waals surface area contributed by atoms with Gasteiger partial charge in [-0.1, -0.05) is 22.9 Å².